The molecule has 0 aliphatic heterocycles. The Hall–Kier alpha value is -1.32. The van der Waals surface area contributed by atoms with Crippen molar-refractivity contribution in [3.05, 3.63) is 11.9 Å². The molecular weight excluding hydrogens is 250 g/mol. The fraction of sp³-hybridized carbons (Fsp3) is 0.750. The average Bonchev–Trinajstić information content (AvgIpc) is 2.46. The van der Waals surface area contributed by atoms with E-state index >= 15 is 0 Å². The van der Waals surface area contributed by atoms with E-state index in [1.807, 2.05) is 6.07 Å². The lowest BCUT2D eigenvalue weighted by Gasteiger charge is -2.21. The Bertz CT molecular complexity index is 414. The first-order valence-electron chi connectivity index (χ1n) is 7.94. The van der Waals surface area contributed by atoms with Gasteiger partial charge in [0.15, 0.2) is 0 Å². The minimum Gasteiger partial charge on any atom is -0.477 e. The Morgan fingerprint density at radius 1 is 1.25 bits per heavy atom. The van der Waals surface area contributed by atoms with E-state index in [1.165, 1.54) is 32.1 Å². The molecule has 2 rings (SSSR count). The van der Waals surface area contributed by atoms with Crippen molar-refractivity contribution in [2.24, 2.45) is 5.92 Å². The third-order valence-corrected chi connectivity index (χ3v) is 3.61. The van der Waals surface area contributed by atoms with E-state index in [0.717, 1.165) is 18.2 Å². The molecule has 1 N–H and O–H groups in total. The molecule has 1 aromatic heterocycles. The number of hydrogen-bond acceptors (Lipinski definition) is 4. The summed E-state index contributed by atoms with van der Waals surface area (Å²) in [6, 6.07) is 1.91. The van der Waals surface area contributed by atoms with Gasteiger partial charge < -0.3 is 10.1 Å². The van der Waals surface area contributed by atoms with Gasteiger partial charge in [-0.05, 0) is 25.7 Å². The topological polar surface area (TPSA) is 47.0 Å². The van der Waals surface area contributed by atoms with Gasteiger partial charge in [0.05, 0.1) is 6.61 Å². The lowest BCUT2D eigenvalue weighted by Crippen LogP contribution is -2.13. The summed E-state index contributed by atoms with van der Waals surface area (Å²) in [7, 11) is 0. The van der Waals surface area contributed by atoms with E-state index in [-0.39, 0.29) is 0 Å². The van der Waals surface area contributed by atoms with Crippen LogP contribution in [0, 0.1) is 5.92 Å². The van der Waals surface area contributed by atoms with Gasteiger partial charge in [0, 0.05) is 18.5 Å². The number of ether oxygens (including phenoxy) is 1. The van der Waals surface area contributed by atoms with Gasteiger partial charge in [-0.15, -0.1) is 0 Å². The molecule has 1 fully saturated rings. The molecule has 1 saturated carbocycles. The number of aromatic nitrogens is 2. The molecule has 112 valence electrons. The second-order valence-corrected chi connectivity index (χ2v) is 6.02. The van der Waals surface area contributed by atoms with Crippen LogP contribution in [0.4, 0.5) is 5.82 Å². The van der Waals surface area contributed by atoms with Gasteiger partial charge in [-0.25, -0.2) is 4.98 Å². The van der Waals surface area contributed by atoms with Crippen LogP contribution in [-0.2, 0) is 0 Å². The Kier molecular flexibility index (Phi) is 5.62. The summed E-state index contributed by atoms with van der Waals surface area (Å²) >= 11 is 0. The highest BCUT2D eigenvalue weighted by atomic mass is 16.5. The molecule has 1 heterocycles. The Morgan fingerprint density at radius 2 is 2.00 bits per heavy atom. The molecule has 0 aromatic carbocycles. The summed E-state index contributed by atoms with van der Waals surface area (Å²) in [6.07, 6.45) is 6.35. The summed E-state index contributed by atoms with van der Waals surface area (Å²) in [4.78, 5) is 9.31. The second kappa shape index (κ2) is 7.46. The van der Waals surface area contributed by atoms with Crippen molar-refractivity contribution in [3.8, 4) is 5.88 Å². The first-order chi connectivity index (χ1) is 9.69. The van der Waals surface area contributed by atoms with Crippen molar-refractivity contribution in [1.29, 1.82) is 0 Å². The maximum absolute atomic E-state index is 5.79. The molecule has 20 heavy (non-hydrogen) atoms. The second-order valence-electron chi connectivity index (χ2n) is 6.02. The van der Waals surface area contributed by atoms with Gasteiger partial charge >= 0.3 is 0 Å². The minimum absolute atomic E-state index is 0.503. The molecule has 0 amide bonds. The lowest BCUT2D eigenvalue weighted by molar-refractivity contribution is 0.259. The summed E-state index contributed by atoms with van der Waals surface area (Å²) < 4.78 is 5.79. The Labute approximate surface area is 122 Å². The van der Waals surface area contributed by atoms with Crippen LogP contribution in [0.25, 0.3) is 0 Å². The van der Waals surface area contributed by atoms with E-state index in [0.29, 0.717) is 24.3 Å². The normalized spacial score (nSPS) is 16.4. The van der Waals surface area contributed by atoms with E-state index in [9.17, 15) is 0 Å². The zero-order chi connectivity index (χ0) is 14.4. The first kappa shape index (κ1) is 15.1. The number of rotatable bonds is 6. The maximum atomic E-state index is 5.79. The van der Waals surface area contributed by atoms with Crippen LogP contribution in [0.2, 0.25) is 0 Å². The fourth-order valence-electron chi connectivity index (χ4n) is 2.58. The highest BCUT2D eigenvalue weighted by molar-refractivity contribution is 5.38. The number of nitrogens with one attached hydrogen (secondary N) is 1. The highest BCUT2D eigenvalue weighted by Crippen LogP contribution is 2.32. The van der Waals surface area contributed by atoms with E-state index in [2.05, 4.69) is 36.1 Å². The Balaban J connectivity index is 2.15. The number of hydrogen-bond donors (Lipinski definition) is 1. The van der Waals surface area contributed by atoms with Gasteiger partial charge in [0.2, 0.25) is 5.88 Å². The van der Waals surface area contributed by atoms with Crippen LogP contribution >= 0.6 is 0 Å². The van der Waals surface area contributed by atoms with Crippen LogP contribution in [0.15, 0.2) is 6.07 Å². The summed E-state index contributed by atoms with van der Waals surface area (Å²) in [6.45, 7) is 7.94. The zero-order valence-corrected chi connectivity index (χ0v) is 13.0. The standard InChI is InChI=1S/C16H27N3O/c1-4-17-14-10-15(20-11-12(2)3)19-16(18-14)13-8-6-5-7-9-13/h10,12-13H,4-9,11H2,1-3H3,(H,17,18,19). The molecule has 0 unspecified atom stereocenters. The lowest BCUT2D eigenvalue weighted by atomic mass is 9.89. The third kappa shape index (κ3) is 4.36. The monoisotopic (exact) mass is 277 g/mol. The van der Waals surface area contributed by atoms with E-state index in [1.54, 1.807) is 0 Å². The first-order valence-corrected chi connectivity index (χ1v) is 7.94. The molecule has 0 atom stereocenters. The van der Waals surface area contributed by atoms with Gasteiger partial charge in [-0.2, -0.15) is 4.98 Å². The molecule has 1 aliphatic carbocycles. The van der Waals surface area contributed by atoms with Crippen LogP contribution in [0.5, 0.6) is 5.88 Å². The maximum Gasteiger partial charge on any atom is 0.218 e. The van der Waals surface area contributed by atoms with Gasteiger partial charge in [0.25, 0.3) is 0 Å². The van der Waals surface area contributed by atoms with Crippen molar-refractivity contribution >= 4 is 5.82 Å². The molecule has 0 saturated heterocycles. The SMILES string of the molecule is CCNc1cc(OCC(C)C)nc(C2CCCCC2)n1. The average molecular weight is 277 g/mol. The third-order valence-electron chi connectivity index (χ3n) is 3.61. The molecule has 0 spiro atoms. The molecule has 0 radical (unpaired) electrons. The van der Waals surface area contributed by atoms with E-state index in [4.69, 9.17) is 4.74 Å². The van der Waals surface area contributed by atoms with Crippen LogP contribution in [0.3, 0.4) is 0 Å². The van der Waals surface area contributed by atoms with Crippen LogP contribution in [-0.4, -0.2) is 23.1 Å². The predicted octanol–water partition coefficient (Wildman–Crippen LogP) is 3.99. The van der Waals surface area contributed by atoms with Crippen molar-refractivity contribution in [2.75, 3.05) is 18.5 Å². The number of anilines is 1. The van der Waals surface area contributed by atoms with E-state index < -0.39 is 0 Å². The summed E-state index contributed by atoms with van der Waals surface area (Å²) in [5, 5.41) is 3.28. The van der Waals surface area contributed by atoms with Crippen molar-refractivity contribution < 1.29 is 4.74 Å². The summed E-state index contributed by atoms with van der Waals surface area (Å²) in [5.74, 6) is 3.57. The minimum atomic E-state index is 0.503. The van der Waals surface area contributed by atoms with Crippen molar-refractivity contribution in [2.45, 2.75) is 58.8 Å². The molecule has 4 nitrogen and oxygen atoms in total. The van der Waals surface area contributed by atoms with Crippen LogP contribution < -0.4 is 10.1 Å². The smallest absolute Gasteiger partial charge is 0.218 e. The molecule has 1 aliphatic rings. The van der Waals surface area contributed by atoms with Crippen molar-refractivity contribution in [3.63, 3.8) is 0 Å². The molecule has 4 heteroatoms. The number of nitrogens with zero attached hydrogens (tertiary/aromatic N) is 2. The van der Waals surface area contributed by atoms with Gasteiger partial charge in [-0.1, -0.05) is 33.1 Å². The van der Waals surface area contributed by atoms with Gasteiger partial charge in [0.1, 0.15) is 11.6 Å². The largest absolute Gasteiger partial charge is 0.477 e. The fourth-order valence-corrected chi connectivity index (χ4v) is 2.58. The zero-order valence-electron chi connectivity index (χ0n) is 13.0. The molecule has 1 aromatic rings. The van der Waals surface area contributed by atoms with Gasteiger partial charge in [-0.3, -0.25) is 0 Å². The predicted molar refractivity (Wildman–Crippen MR) is 82.4 cm³/mol. The Morgan fingerprint density at radius 3 is 2.65 bits per heavy atom. The van der Waals surface area contributed by atoms with Crippen LogP contribution in [0.1, 0.15) is 64.6 Å². The quantitative estimate of drug-likeness (QED) is 0.854. The summed E-state index contributed by atoms with van der Waals surface area (Å²) in [5.41, 5.74) is 0. The molecule has 0 bridgehead atoms. The highest BCUT2D eigenvalue weighted by Gasteiger charge is 2.19. The molecular formula is C16H27N3O. The van der Waals surface area contributed by atoms with Crippen molar-refractivity contribution in [1.82, 2.24) is 9.97 Å².